The van der Waals surface area contributed by atoms with E-state index in [9.17, 15) is 4.79 Å². The summed E-state index contributed by atoms with van der Waals surface area (Å²) in [5, 5.41) is 0. The lowest BCUT2D eigenvalue weighted by Gasteiger charge is -2.48. The molecule has 3 saturated carbocycles. The fraction of sp³-hybridized carbons (Fsp3) is 0.500. The lowest BCUT2D eigenvalue weighted by atomic mass is 9.60. The SMILES string of the molecule is COC(=O)[C@@H]1C[C@@H]1CCC12COC3(c4cccc(Oc5ccccc5)c4)CCC13C2. The molecule has 0 N–H and O–H groups in total. The van der Waals surface area contributed by atoms with E-state index in [1.807, 2.05) is 36.4 Å². The van der Waals surface area contributed by atoms with Gasteiger partial charge in [0.25, 0.3) is 0 Å². The zero-order valence-corrected chi connectivity index (χ0v) is 17.4. The summed E-state index contributed by atoms with van der Waals surface area (Å²) in [7, 11) is 1.50. The molecule has 1 heterocycles. The number of methoxy groups -OCH3 is 1. The summed E-state index contributed by atoms with van der Waals surface area (Å²) >= 11 is 0. The third-order valence-corrected chi connectivity index (χ3v) is 8.50. The van der Waals surface area contributed by atoms with Gasteiger partial charge in [-0.1, -0.05) is 30.3 Å². The average Bonchev–Trinajstić information content (AvgIpc) is 3.66. The Hall–Kier alpha value is -2.33. The van der Waals surface area contributed by atoms with Crippen LogP contribution < -0.4 is 4.74 Å². The lowest BCUT2D eigenvalue weighted by Crippen LogP contribution is -2.46. The molecule has 1 spiro atoms. The van der Waals surface area contributed by atoms with Gasteiger partial charge in [-0.05, 0) is 74.3 Å². The smallest absolute Gasteiger partial charge is 0.308 e. The van der Waals surface area contributed by atoms with Gasteiger partial charge in [-0.15, -0.1) is 0 Å². The highest BCUT2D eigenvalue weighted by atomic mass is 16.5. The third kappa shape index (κ3) is 2.46. The summed E-state index contributed by atoms with van der Waals surface area (Å²) in [6.45, 7) is 0.854. The fourth-order valence-corrected chi connectivity index (χ4v) is 6.58. The third-order valence-electron chi connectivity index (χ3n) is 8.50. The van der Waals surface area contributed by atoms with Crippen LogP contribution in [0.1, 0.15) is 44.1 Å². The van der Waals surface area contributed by atoms with Gasteiger partial charge in [-0.2, -0.15) is 0 Å². The number of hydrogen-bond acceptors (Lipinski definition) is 4. The zero-order chi connectivity index (χ0) is 20.4. The maximum absolute atomic E-state index is 11.7. The number of esters is 1. The van der Waals surface area contributed by atoms with Crippen molar-refractivity contribution in [1.29, 1.82) is 0 Å². The Morgan fingerprint density at radius 3 is 2.70 bits per heavy atom. The van der Waals surface area contributed by atoms with E-state index in [4.69, 9.17) is 14.2 Å². The molecule has 0 amide bonds. The number of hydrogen-bond donors (Lipinski definition) is 0. The number of benzene rings is 2. The molecule has 30 heavy (non-hydrogen) atoms. The maximum atomic E-state index is 11.7. The van der Waals surface area contributed by atoms with E-state index in [1.54, 1.807) is 0 Å². The van der Waals surface area contributed by atoms with Crippen molar-refractivity contribution in [2.24, 2.45) is 22.7 Å². The summed E-state index contributed by atoms with van der Waals surface area (Å²) in [5.74, 6) is 2.35. The molecule has 0 radical (unpaired) electrons. The van der Waals surface area contributed by atoms with Crippen LogP contribution in [0.4, 0.5) is 0 Å². The van der Waals surface area contributed by atoms with Gasteiger partial charge in [0, 0.05) is 10.8 Å². The van der Waals surface area contributed by atoms with Crippen LogP contribution in [0, 0.1) is 22.7 Å². The molecular formula is C26H28O4. The highest BCUT2D eigenvalue weighted by molar-refractivity contribution is 5.75. The fourth-order valence-electron chi connectivity index (χ4n) is 6.58. The van der Waals surface area contributed by atoms with Crippen LogP contribution in [0.2, 0.25) is 0 Å². The standard InChI is InChI=1S/C26H28O4/c1-28-23(27)22-14-18(22)10-11-24-16-25(24)12-13-26(25,29-17-24)19-6-5-9-21(15-19)30-20-7-3-2-4-8-20/h2-9,15,18,22H,10-14,16-17H2,1H3/t18-,22+,24?,25?,26?/m0/s1. The normalized spacial score (nSPS) is 37.5. The van der Waals surface area contributed by atoms with E-state index < -0.39 is 0 Å². The van der Waals surface area contributed by atoms with Crippen LogP contribution in [0.5, 0.6) is 11.5 Å². The van der Waals surface area contributed by atoms with E-state index >= 15 is 0 Å². The number of carbonyl (C=O) groups is 1. The van der Waals surface area contributed by atoms with Crippen LogP contribution in [0.15, 0.2) is 54.6 Å². The second-order valence-corrected chi connectivity index (χ2v) is 9.76. The van der Waals surface area contributed by atoms with Gasteiger partial charge in [0.1, 0.15) is 11.5 Å². The van der Waals surface area contributed by atoms with Gasteiger partial charge in [-0.3, -0.25) is 4.79 Å². The first kappa shape index (κ1) is 18.4. The summed E-state index contributed by atoms with van der Waals surface area (Å²) < 4.78 is 17.6. The second kappa shape index (κ2) is 6.34. The first-order valence-electron chi connectivity index (χ1n) is 11.2. The summed E-state index contributed by atoms with van der Waals surface area (Å²) in [4.78, 5) is 11.7. The van der Waals surface area contributed by atoms with Crippen molar-refractivity contribution in [2.75, 3.05) is 13.7 Å². The number of carbonyl (C=O) groups excluding carboxylic acids is 1. The first-order chi connectivity index (χ1) is 14.6. The molecule has 2 aromatic carbocycles. The molecule has 6 rings (SSSR count). The molecule has 1 aliphatic heterocycles. The Morgan fingerprint density at radius 2 is 1.93 bits per heavy atom. The predicted molar refractivity (Wildman–Crippen MR) is 112 cm³/mol. The van der Waals surface area contributed by atoms with E-state index in [2.05, 4.69) is 18.2 Å². The van der Waals surface area contributed by atoms with Crippen molar-refractivity contribution in [2.45, 2.75) is 44.1 Å². The monoisotopic (exact) mass is 404 g/mol. The van der Waals surface area contributed by atoms with Crippen LogP contribution in [0.25, 0.3) is 0 Å². The lowest BCUT2D eigenvalue weighted by molar-refractivity contribution is -0.142. The molecule has 3 aliphatic carbocycles. The van der Waals surface area contributed by atoms with Crippen molar-refractivity contribution in [1.82, 2.24) is 0 Å². The molecule has 3 unspecified atom stereocenters. The van der Waals surface area contributed by atoms with Crippen LogP contribution in [0.3, 0.4) is 0 Å². The number of para-hydroxylation sites is 1. The van der Waals surface area contributed by atoms with Crippen molar-refractivity contribution in [3.8, 4) is 11.5 Å². The van der Waals surface area contributed by atoms with Crippen LogP contribution in [-0.2, 0) is 19.9 Å². The Balaban J connectivity index is 1.18. The Kier molecular flexibility index (Phi) is 3.89. The second-order valence-electron chi connectivity index (χ2n) is 9.76. The number of rotatable bonds is 7. The van der Waals surface area contributed by atoms with Crippen molar-refractivity contribution >= 4 is 5.97 Å². The van der Waals surface area contributed by atoms with Crippen molar-refractivity contribution in [3.63, 3.8) is 0 Å². The van der Waals surface area contributed by atoms with Gasteiger partial charge in [0.2, 0.25) is 0 Å². The highest BCUT2D eigenvalue weighted by Crippen LogP contribution is 2.87. The molecule has 4 fully saturated rings. The topological polar surface area (TPSA) is 44.8 Å². The van der Waals surface area contributed by atoms with Crippen molar-refractivity contribution in [3.05, 3.63) is 60.2 Å². The molecule has 2 aromatic rings. The molecule has 1 saturated heterocycles. The predicted octanol–water partition coefficient (Wildman–Crippen LogP) is 5.46. The molecule has 156 valence electrons. The van der Waals surface area contributed by atoms with Gasteiger partial charge in [0.05, 0.1) is 25.2 Å². The van der Waals surface area contributed by atoms with E-state index in [1.165, 1.54) is 31.9 Å². The first-order valence-corrected chi connectivity index (χ1v) is 11.2. The Labute approximate surface area is 177 Å². The molecule has 0 bridgehead atoms. The minimum absolute atomic E-state index is 0.0288. The van der Waals surface area contributed by atoms with Crippen LogP contribution >= 0.6 is 0 Å². The summed E-state index contributed by atoms with van der Waals surface area (Å²) in [6.07, 6.45) is 6.91. The quantitative estimate of drug-likeness (QED) is 0.575. The zero-order valence-electron chi connectivity index (χ0n) is 17.4. The van der Waals surface area contributed by atoms with E-state index in [-0.39, 0.29) is 17.5 Å². The van der Waals surface area contributed by atoms with Crippen LogP contribution in [-0.4, -0.2) is 19.7 Å². The summed E-state index contributed by atoms with van der Waals surface area (Å²) in [5.41, 5.74) is 1.72. The molecule has 0 aromatic heterocycles. The largest absolute Gasteiger partial charge is 0.469 e. The average molecular weight is 405 g/mol. The molecule has 5 atom stereocenters. The van der Waals surface area contributed by atoms with E-state index in [0.29, 0.717) is 16.7 Å². The maximum Gasteiger partial charge on any atom is 0.308 e. The van der Waals surface area contributed by atoms with Gasteiger partial charge >= 0.3 is 5.97 Å². The Morgan fingerprint density at radius 1 is 1.10 bits per heavy atom. The molecular weight excluding hydrogens is 376 g/mol. The highest BCUT2D eigenvalue weighted by Gasteiger charge is 2.84. The van der Waals surface area contributed by atoms with Gasteiger partial charge in [-0.25, -0.2) is 0 Å². The molecule has 4 nitrogen and oxygen atoms in total. The minimum Gasteiger partial charge on any atom is -0.469 e. The Bertz CT molecular complexity index is 984. The molecule has 4 heteroatoms. The molecule has 4 aliphatic rings. The van der Waals surface area contributed by atoms with Gasteiger partial charge in [0.15, 0.2) is 0 Å². The van der Waals surface area contributed by atoms with Crippen molar-refractivity contribution < 1.29 is 19.0 Å². The summed E-state index contributed by atoms with van der Waals surface area (Å²) in [6, 6.07) is 18.4. The van der Waals surface area contributed by atoms with Gasteiger partial charge < -0.3 is 14.2 Å². The number of ether oxygens (including phenoxy) is 3. The minimum atomic E-state index is -0.144. The van der Waals surface area contributed by atoms with E-state index in [0.717, 1.165) is 37.4 Å².